The SMILES string of the molecule is O=C(Nc1ccc2nc(Cc3ccccc3)n(-c3ccc(C(O)(C(F)(F)F)C(F)(F)F)cc3)c(=O)c2c1)c1ccccc1. The number of amides is 1. The molecule has 0 aliphatic heterocycles. The van der Waals surface area contributed by atoms with E-state index in [2.05, 4.69) is 10.3 Å². The molecular formula is C31H21F6N3O3. The molecule has 0 aliphatic rings. The molecule has 6 nitrogen and oxygen atoms in total. The first-order valence-corrected chi connectivity index (χ1v) is 12.7. The van der Waals surface area contributed by atoms with Crippen molar-refractivity contribution in [3.63, 3.8) is 0 Å². The number of fused-ring (bicyclic) bond motifs is 1. The summed E-state index contributed by atoms with van der Waals surface area (Å²) in [6.07, 6.45) is -12.0. The van der Waals surface area contributed by atoms with E-state index >= 15 is 0 Å². The minimum Gasteiger partial charge on any atom is -0.369 e. The molecule has 1 amide bonds. The van der Waals surface area contributed by atoms with Crippen LogP contribution in [0.2, 0.25) is 0 Å². The van der Waals surface area contributed by atoms with Crippen molar-refractivity contribution in [2.24, 2.45) is 0 Å². The van der Waals surface area contributed by atoms with Gasteiger partial charge in [-0.05, 0) is 48.0 Å². The van der Waals surface area contributed by atoms with Gasteiger partial charge >= 0.3 is 12.4 Å². The lowest BCUT2D eigenvalue weighted by molar-refractivity contribution is -0.376. The van der Waals surface area contributed by atoms with Crippen molar-refractivity contribution < 1.29 is 36.2 Å². The maximum atomic E-state index is 13.8. The minimum atomic E-state index is -6.06. The number of benzene rings is 4. The second-order valence-electron chi connectivity index (χ2n) is 9.64. The summed E-state index contributed by atoms with van der Waals surface area (Å²) < 4.78 is 81.6. The van der Waals surface area contributed by atoms with Crippen LogP contribution in [0.5, 0.6) is 0 Å². The normalized spacial score (nSPS) is 12.3. The average molecular weight is 598 g/mol. The van der Waals surface area contributed by atoms with E-state index in [9.17, 15) is 41.0 Å². The summed E-state index contributed by atoms with van der Waals surface area (Å²) in [7, 11) is 0. The monoisotopic (exact) mass is 597 g/mol. The lowest BCUT2D eigenvalue weighted by Gasteiger charge is -2.32. The summed E-state index contributed by atoms with van der Waals surface area (Å²) in [6, 6.07) is 24.3. The zero-order valence-electron chi connectivity index (χ0n) is 21.9. The van der Waals surface area contributed by atoms with Crippen molar-refractivity contribution in [1.82, 2.24) is 9.55 Å². The van der Waals surface area contributed by atoms with Crippen molar-refractivity contribution in [3.8, 4) is 5.69 Å². The van der Waals surface area contributed by atoms with Crippen LogP contribution in [0.1, 0.15) is 27.3 Å². The second-order valence-corrected chi connectivity index (χ2v) is 9.64. The fourth-order valence-corrected chi connectivity index (χ4v) is 4.61. The number of nitrogens with one attached hydrogen (secondary N) is 1. The van der Waals surface area contributed by atoms with Gasteiger partial charge in [0.05, 0.1) is 16.6 Å². The first kappa shape index (κ1) is 29.5. The van der Waals surface area contributed by atoms with E-state index in [4.69, 9.17) is 0 Å². The minimum absolute atomic E-state index is 0.0360. The molecule has 0 saturated heterocycles. The van der Waals surface area contributed by atoms with Gasteiger partial charge < -0.3 is 10.4 Å². The molecule has 5 aromatic rings. The van der Waals surface area contributed by atoms with Gasteiger partial charge in [0.1, 0.15) is 5.82 Å². The molecule has 5 rings (SSSR count). The summed E-state index contributed by atoms with van der Waals surface area (Å²) >= 11 is 0. The molecule has 0 unspecified atom stereocenters. The van der Waals surface area contributed by atoms with E-state index in [0.717, 1.165) is 22.3 Å². The molecule has 220 valence electrons. The number of rotatable bonds is 6. The molecule has 1 heterocycles. The van der Waals surface area contributed by atoms with Crippen LogP contribution in [0.4, 0.5) is 32.0 Å². The molecule has 2 N–H and O–H groups in total. The molecule has 0 fully saturated rings. The third-order valence-corrected chi connectivity index (χ3v) is 6.80. The summed E-state index contributed by atoms with van der Waals surface area (Å²) in [4.78, 5) is 31.1. The third-order valence-electron chi connectivity index (χ3n) is 6.80. The molecule has 0 bridgehead atoms. The van der Waals surface area contributed by atoms with Crippen molar-refractivity contribution in [3.05, 3.63) is 136 Å². The van der Waals surface area contributed by atoms with Gasteiger partial charge in [0.25, 0.3) is 17.1 Å². The molecule has 0 aliphatic carbocycles. The number of hydrogen-bond acceptors (Lipinski definition) is 4. The van der Waals surface area contributed by atoms with E-state index < -0.39 is 35.0 Å². The van der Waals surface area contributed by atoms with Gasteiger partial charge in [-0.2, -0.15) is 26.3 Å². The molecule has 43 heavy (non-hydrogen) atoms. The maximum absolute atomic E-state index is 13.8. The van der Waals surface area contributed by atoms with Crippen LogP contribution in [-0.2, 0) is 12.0 Å². The highest BCUT2D eigenvalue weighted by atomic mass is 19.4. The first-order valence-electron chi connectivity index (χ1n) is 12.7. The Morgan fingerprint density at radius 1 is 0.791 bits per heavy atom. The van der Waals surface area contributed by atoms with Crippen molar-refractivity contribution in [1.29, 1.82) is 0 Å². The van der Waals surface area contributed by atoms with E-state index in [-0.39, 0.29) is 34.5 Å². The Hall–Kier alpha value is -4.97. The van der Waals surface area contributed by atoms with Crippen LogP contribution in [0.3, 0.4) is 0 Å². The number of carbonyl (C=O) groups is 1. The van der Waals surface area contributed by atoms with Crippen molar-refractivity contribution in [2.45, 2.75) is 24.4 Å². The van der Waals surface area contributed by atoms with E-state index in [1.54, 1.807) is 66.7 Å². The Morgan fingerprint density at radius 3 is 1.95 bits per heavy atom. The molecule has 1 aromatic heterocycles. The van der Waals surface area contributed by atoms with Gasteiger partial charge in [0.2, 0.25) is 0 Å². The highest BCUT2D eigenvalue weighted by Gasteiger charge is 2.71. The smallest absolute Gasteiger partial charge is 0.369 e. The van der Waals surface area contributed by atoms with Gasteiger partial charge in [-0.15, -0.1) is 0 Å². The summed E-state index contributed by atoms with van der Waals surface area (Å²) in [5, 5.41) is 12.5. The standard InChI is InChI=1S/C31H21F6N3O3/c32-30(33,34)29(43,31(35,36)37)21-11-14-23(15-12-21)40-26(17-19-7-3-1-4-8-19)39-25-16-13-22(18-24(25)28(40)42)38-27(41)20-9-5-2-6-10-20/h1-16,18,43H,17H2,(H,38,41). The van der Waals surface area contributed by atoms with E-state index in [1.165, 1.54) is 12.1 Å². The molecule has 0 saturated carbocycles. The van der Waals surface area contributed by atoms with Crippen molar-refractivity contribution >= 4 is 22.5 Å². The van der Waals surface area contributed by atoms with Crippen molar-refractivity contribution in [2.75, 3.05) is 5.32 Å². The predicted octanol–water partition coefficient (Wildman–Crippen LogP) is 6.54. The van der Waals surface area contributed by atoms with E-state index in [0.29, 0.717) is 17.7 Å². The third kappa shape index (κ3) is 5.61. The lowest BCUT2D eigenvalue weighted by Crippen LogP contribution is -2.53. The van der Waals surface area contributed by atoms with Crippen LogP contribution in [0.25, 0.3) is 16.6 Å². The number of hydrogen-bond donors (Lipinski definition) is 2. The van der Waals surface area contributed by atoms with Gasteiger partial charge in [-0.3, -0.25) is 14.2 Å². The molecule has 4 aromatic carbocycles. The van der Waals surface area contributed by atoms with Crippen LogP contribution >= 0.6 is 0 Å². The molecule has 0 radical (unpaired) electrons. The predicted molar refractivity (Wildman–Crippen MR) is 147 cm³/mol. The van der Waals surface area contributed by atoms with Gasteiger partial charge in [0, 0.05) is 23.2 Å². The molecule has 0 spiro atoms. The fraction of sp³-hybridized carbons (Fsp3) is 0.129. The Morgan fingerprint density at radius 2 is 1.37 bits per heavy atom. The molecule has 12 heteroatoms. The Bertz CT molecular complexity index is 1820. The largest absolute Gasteiger partial charge is 0.430 e. The quantitative estimate of drug-likeness (QED) is 0.218. The Balaban J connectivity index is 1.63. The maximum Gasteiger partial charge on any atom is 0.430 e. The number of halogens is 6. The zero-order chi connectivity index (χ0) is 31.0. The first-order chi connectivity index (χ1) is 20.3. The van der Waals surface area contributed by atoms with Crippen LogP contribution in [0.15, 0.2) is 108 Å². The number of aliphatic hydroxyl groups is 1. The van der Waals surface area contributed by atoms with Crippen LogP contribution < -0.4 is 10.9 Å². The van der Waals surface area contributed by atoms with Gasteiger partial charge in [0.15, 0.2) is 0 Å². The van der Waals surface area contributed by atoms with Gasteiger partial charge in [-0.1, -0.05) is 60.7 Å². The number of aromatic nitrogens is 2. The van der Waals surface area contributed by atoms with Gasteiger partial charge in [-0.25, -0.2) is 4.98 Å². The molecular weight excluding hydrogens is 576 g/mol. The number of nitrogens with zero attached hydrogens (tertiary/aromatic N) is 2. The summed E-state index contributed by atoms with van der Waals surface area (Å²) in [6.45, 7) is 0. The summed E-state index contributed by atoms with van der Waals surface area (Å²) in [5.41, 5.74) is -5.73. The summed E-state index contributed by atoms with van der Waals surface area (Å²) in [5.74, 6) is -0.286. The Kier molecular flexibility index (Phi) is 7.57. The number of carbonyl (C=O) groups excluding carboxylic acids is 1. The molecule has 0 atom stereocenters. The van der Waals surface area contributed by atoms with Crippen LogP contribution in [0, 0.1) is 0 Å². The Labute approximate surface area is 239 Å². The average Bonchev–Trinajstić information content (AvgIpc) is 2.97. The highest BCUT2D eigenvalue weighted by molar-refractivity contribution is 6.05. The second kappa shape index (κ2) is 11.0. The fourth-order valence-electron chi connectivity index (χ4n) is 4.61. The lowest BCUT2D eigenvalue weighted by atomic mass is 9.92. The highest BCUT2D eigenvalue weighted by Crippen LogP contribution is 2.50. The topological polar surface area (TPSA) is 84.2 Å². The zero-order valence-corrected chi connectivity index (χ0v) is 21.9. The van der Waals surface area contributed by atoms with E-state index in [1.807, 2.05) is 0 Å². The van der Waals surface area contributed by atoms with Crippen LogP contribution in [-0.4, -0.2) is 32.9 Å². The number of alkyl halides is 6. The number of anilines is 1.